The molecule has 0 aliphatic carbocycles. The standard InChI is InChI=1S/C10H14Cl2N2O/c1-7(2)13-3-4-15-10-9(12)5-8(11)6-14-10/h5-7,13H,3-4H2,1-2H3. The van der Waals surface area contributed by atoms with Crippen molar-refractivity contribution in [3.63, 3.8) is 0 Å². The maximum absolute atomic E-state index is 5.88. The number of pyridine rings is 1. The molecule has 1 aromatic rings. The first kappa shape index (κ1) is 12.6. The average Bonchev–Trinajstić information content (AvgIpc) is 2.14. The summed E-state index contributed by atoms with van der Waals surface area (Å²) >= 11 is 11.6. The molecule has 1 rings (SSSR count). The van der Waals surface area contributed by atoms with Gasteiger partial charge >= 0.3 is 0 Å². The lowest BCUT2D eigenvalue weighted by atomic mass is 10.4. The van der Waals surface area contributed by atoms with E-state index in [0.29, 0.717) is 28.6 Å². The minimum Gasteiger partial charge on any atom is -0.475 e. The fourth-order valence-electron chi connectivity index (χ4n) is 1.00. The van der Waals surface area contributed by atoms with E-state index in [4.69, 9.17) is 27.9 Å². The molecule has 0 bridgehead atoms. The molecular weight excluding hydrogens is 235 g/mol. The predicted octanol–water partition coefficient (Wildman–Crippen LogP) is 2.77. The van der Waals surface area contributed by atoms with Crippen molar-refractivity contribution in [3.8, 4) is 5.88 Å². The first-order valence-electron chi connectivity index (χ1n) is 4.77. The van der Waals surface area contributed by atoms with Crippen LogP contribution in [0.4, 0.5) is 0 Å². The summed E-state index contributed by atoms with van der Waals surface area (Å²) in [6, 6.07) is 2.06. The molecule has 0 aromatic carbocycles. The van der Waals surface area contributed by atoms with Crippen LogP contribution in [0.3, 0.4) is 0 Å². The zero-order chi connectivity index (χ0) is 11.3. The van der Waals surface area contributed by atoms with Gasteiger partial charge in [-0.15, -0.1) is 0 Å². The van der Waals surface area contributed by atoms with Crippen molar-refractivity contribution in [2.24, 2.45) is 0 Å². The van der Waals surface area contributed by atoms with Gasteiger partial charge in [0.2, 0.25) is 5.88 Å². The third-order valence-electron chi connectivity index (χ3n) is 1.67. The Hall–Kier alpha value is -0.510. The second-order valence-corrected chi connectivity index (χ2v) is 4.24. The zero-order valence-electron chi connectivity index (χ0n) is 8.76. The monoisotopic (exact) mass is 248 g/mol. The molecule has 0 saturated heterocycles. The van der Waals surface area contributed by atoms with Crippen molar-refractivity contribution in [1.82, 2.24) is 10.3 Å². The second kappa shape index (κ2) is 6.16. The van der Waals surface area contributed by atoms with Crippen LogP contribution in [-0.2, 0) is 0 Å². The molecule has 0 aliphatic heterocycles. The molecule has 0 spiro atoms. The molecule has 5 heteroatoms. The van der Waals surface area contributed by atoms with Gasteiger partial charge in [-0.05, 0) is 6.07 Å². The normalized spacial score (nSPS) is 10.7. The highest BCUT2D eigenvalue weighted by atomic mass is 35.5. The average molecular weight is 249 g/mol. The summed E-state index contributed by atoms with van der Waals surface area (Å²) in [7, 11) is 0. The van der Waals surface area contributed by atoms with Crippen LogP contribution in [0.2, 0.25) is 10.0 Å². The number of aromatic nitrogens is 1. The van der Waals surface area contributed by atoms with E-state index in [1.165, 1.54) is 6.20 Å². The minimum absolute atomic E-state index is 0.423. The molecule has 0 radical (unpaired) electrons. The summed E-state index contributed by atoms with van der Waals surface area (Å²) in [5, 5.41) is 4.17. The molecule has 15 heavy (non-hydrogen) atoms. The summed E-state index contributed by atoms with van der Waals surface area (Å²) in [4.78, 5) is 3.98. The fourth-order valence-corrected chi connectivity index (χ4v) is 1.44. The van der Waals surface area contributed by atoms with Crippen LogP contribution in [0.1, 0.15) is 13.8 Å². The smallest absolute Gasteiger partial charge is 0.232 e. The van der Waals surface area contributed by atoms with E-state index in [0.717, 1.165) is 6.54 Å². The molecule has 84 valence electrons. The predicted molar refractivity (Wildman–Crippen MR) is 62.9 cm³/mol. The van der Waals surface area contributed by atoms with Crippen LogP contribution < -0.4 is 10.1 Å². The lowest BCUT2D eigenvalue weighted by Crippen LogP contribution is -2.27. The Morgan fingerprint density at radius 3 is 2.80 bits per heavy atom. The summed E-state index contributed by atoms with van der Waals surface area (Å²) in [6.07, 6.45) is 1.51. The van der Waals surface area contributed by atoms with Crippen molar-refractivity contribution in [3.05, 3.63) is 22.3 Å². The Labute approximate surface area is 99.7 Å². The number of halogens is 2. The molecule has 0 atom stereocenters. The van der Waals surface area contributed by atoms with Gasteiger partial charge in [0.1, 0.15) is 11.6 Å². The Kier molecular flexibility index (Phi) is 5.15. The van der Waals surface area contributed by atoms with E-state index in [9.17, 15) is 0 Å². The lowest BCUT2D eigenvalue weighted by Gasteiger charge is -2.09. The van der Waals surface area contributed by atoms with Crippen LogP contribution in [0.15, 0.2) is 12.3 Å². The largest absolute Gasteiger partial charge is 0.475 e. The molecule has 0 unspecified atom stereocenters. The van der Waals surface area contributed by atoms with Crippen molar-refractivity contribution < 1.29 is 4.74 Å². The first-order valence-corrected chi connectivity index (χ1v) is 5.52. The van der Waals surface area contributed by atoms with Gasteiger partial charge in [-0.3, -0.25) is 0 Å². The summed E-state index contributed by atoms with van der Waals surface area (Å²) in [5.41, 5.74) is 0. The molecule has 0 saturated carbocycles. The SMILES string of the molecule is CC(C)NCCOc1ncc(Cl)cc1Cl. The van der Waals surface area contributed by atoms with Crippen molar-refractivity contribution in [2.75, 3.05) is 13.2 Å². The fraction of sp³-hybridized carbons (Fsp3) is 0.500. The van der Waals surface area contributed by atoms with Crippen molar-refractivity contribution in [1.29, 1.82) is 0 Å². The van der Waals surface area contributed by atoms with Crippen LogP contribution in [0.25, 0.3) is 0 Å². The molecule has 1 N–H and O–H groups in total. The maximum atomic E-state index is 5.88. The van der Waals surface area contributed by atoms with E-state index < -0.39 is 0 Å². The van der Waals surface area contributed by atoms with Gasteiger partial charge in [0.25, 0.3) is 0 Å². The van der Waals surface area contributed by atoms with Crippen molar-refractivity contribution in [2.45, 2.75) is 19.9 Å². The number of rotatable bonds is 5. The maximum Gasteiger partial charge on any atom is 0.232 e. The summed E-state index contributed by atoms with van der Waals surface area (Å²) in [6.45, 7) is 5.45. The third kappa shape index (κ3) is 4.69. The molecular formula is C10H14Cl2N2O. The van der Waals surface area contributed by atoms with Gasteiger partial charge in [-0.1, -0.05) is 37.0 Å². The van der Waals surface area contributed by atoms with Gasteiger partial charge in [0, 0.05) is 18.8 Å². The minimum atomic E-state index is 0.423. The Bertz CT molecular complexity index is 318. The van der Waals surface area contributed by atoms with E-state index in [2.05, 4.69) is 24.1 Å². The molecule has 3 nitrogen and oxygen atoms in total. The Morgan fingerprint density at radius 1 is 1.47 bits per heavy atom. The van der Waals surface area contributed by atoms with E-state index in [1.807, 2.05) is 0 Å². The highest BCUT2D eigenvalue weighted by Gasteiger charge is 2.03. The zero-order valence-corrected chi connectivity index (χ0v) is 10.3. The van der Waals surface area contributed by atoms with E-state index in [1.54, 1.807) is 6.07 Å². The Balaban J connectivity index is 2.37. The molecule has 0 amide bonds. The molecule has 1 heterocycles. The van der Waals surface area contributed by atoms with Crippen LogP contribution in [-0.4, -0.2) is 24.2 Å². The number of nitrogens with zero attached hydrogens (tertiary/aromatic N) is 1. The van der Waals surface area contributed by atoms with Crippen molar-refractivity contribution >= 4 is 23.2 Å². The first-order chi connectivity index (χ1) is 7.09. The number of hydrogen-bond acceptors (Lipinski definition) is 3. The lowest BCUT2D eigenvalue weighted by molar-refractivity contribution is 0.298. The molecule has 0 fully saturated rings. The highest BCUT2D eigenvalue weighted by Crippen LogP contribution is 2.24. The van der Waals surface area contributed by atoms with E-state index in [-0.39, 0.29) is 0 Å². The van der Waals surface area contributed by atoms with E-state index >= 15 is 0 Å². The third-order valence-corrected chi connectivity index (χ3v) is 2.14. The van der Waals surface area contributed by atoms with Crippen LogP contribution in [0.5, 0.6) is 5.88 Å². The van der Waals surface area contributed by atoms with Gasteiger partial charge in [-0.25, -0.2) is 4.98 Å². The quantitative estimate of drug-likeness (QED) is 0.815. The number of hydrogen-bond donors (Lipinski definition) is 1. The van der Waals surface area contributed by atoms with Gasteiger partial charge < -0.3 is 10.1 Å². The topological polar surface area (TPSA) is 34.1 Å². The number of nitrogens with one attached hydrogen (secondary N) is 1. The van der Waals surface area contributed by atoms with Crippen LogP contribution >= 0.6 is 23.2 Å². The Morgan fingerprint density at radius 2 is 2.20 bits per heavy atom. The molecule has 0 aliphatic rings. The summed E-state index contributed by atoms with van der Waals surface area (Å²) < 4.78 is 5.38. The van der Waals surface area contributed by atoms with Gasteiger partial charge in [-0.2, -0.15) is 0 Å². The van der Waals surface area contributed by atoms with Crippen LogP contribution in [0, 0.1) is 0 Å². The number of ether oxygens (including phenoxy) is 1. The summed E-state index contributed by atoms with van der Waals surface area (Å²) in [5.74, 6) is 0.423. The van der Waals surface area contributed by atoms with Gasteiger partial charge in [0.05, 0.1) is 5.02 Å². The molecule has 1 aromatic heterocycles. The second-order valence-electron chi connectivity index (χ2n) is 3.40. The highest BCUT2D eigenvalue weighted by molar-refractivity contribution is 6.35. The van der Waals surface area contributed by atoms with Gasteiger partial charge in [0.15, 0.2) is 0 Å².